The van der Waals surface area contributed by atoms with E-state index in [9.17, 15) is 9.59 Å². The molecule has 1 saturated carbocycles. The van der Waals surface area contributed by atoms with Gasteiger partial charge in [-0.1, -0.05) is 13.8 Å². The Morgan fingerprint density at radius 3 is 2.54 bits per heavy atom. The minimum Gasteiger partial charge on any atom is -0.459 e. The van der Waals surface area contributed by atoms with Crippen LogP contribution in [0.4, 0.5) is 0 Å². The first-order valence-corrected chi connectivity index (χ1v) is 10.2. The van der Waals surface area contributed by atoms with Crippen molar-refractivity contribution in [1.29, 1.82) is 0 Å². The van der Waals surface area contributed by atoms with E-state index < -0.39 is 5.92 Å². The van der Waals surface area contributed by atoms with Crippen LogP contribution in [0.15, 0.2) is 47.1 Å². The number of carbonyl (C=O) groups excluding carboxylic acids is 2. The van der Waals surface area contributed by atoms with Crippen molar-refractivity contribution in [3.8, 4) is 0 Å². The van der Waals surface area contributed by atoms with E-state index in [2.05, 4.69) is 24.1 Å². The number of esters is 1. The van der Waals surface area contributed by atoms with Crippen LogP contribution in [0.2, 0.25) is 0 Å². The molecule has 0 aromatic carbocycles. The maximum Gasteiger partial charge on any atom is 0.337 e. The van der Waals surface area contributed by atoms with Crippen molar-refractivity contribution < 1.29 is 14.3 Å². The summed E-state index contributed by atoms with van der Waals surface area (Å²) >= 11 is 0. The fourth-order valence-electron chi connectivity index (χ4n) is 4.82. The maximum atomic E-state index is 13.2. The molecule has 148 valence electrons. The molecule has 0 saturated heterocycles. The zero-order valence-electron chi connectivity index (χ0n) is 16.9. The van der Waals surface area contributed by atoms with Crippen LogP contribution in [0.5, 0.6) is 0 Å². The van der Waals surface area contributed by atoms with Gasteiger partial charge in [0.2, 0.25) is 0 Å². The smallest absolute Gasteiger partial charge is 0.337 e. The fourth-order valence-corrected chi connectivity index (χ4v) is 4.82. The van der Waals surface area contributed by atoms with Crippen LogP contribution in [0.3, 0.4) is 0 Å². The van der Waals surface area contributed by atoms with E-state index in [-0.39, 0.29) is 23.3 Å². The standard InChI is InChI=1S/C23H28N2O3/c1-14-19(22(27)28-16-6-4-5-7-16)20(15-8-10-24-11-9-15)21-17(25-14)12-23(2,3)13-18(21)26/h8-11,16,20,25H,4-7,12-13H2,1-3H3/t20-/m1/s1. The van der Waals surface area contributed by atoms with E-state index in [4.69, 9.17) is 4.74 Å². The summed E-state index contributed by atoms with van der Waals surface area (Å²) in [6.07, 6.45) is 8.74. The second-order valence-corrected chi connectivity index (χ2v) is 9.02. The summed E-state index contributed by atoms with van der Waals surface area (Å²) < 4.78 is 5.84. The van der Waals surface area contributed by atoms with Crippen LogP contribution in [-0.4, -0.2) is 22.8 Å². The van der Waals surface area contributed by atoms with E-state index in [0.29, 0.717) is 12.0 Å². The number of rotatable bonds is 3. The number of dihydropyridines is 1. The summed E-state index contributed by atoms with van der Waals surface area (Å²) in [5.41, 5.74) is 3.83. The fraction of sp³-hybridized carbons (Fsp3) is 0.522. The van der Waals surface area contributed by atoms with Gasteiger partial charge in [0.1, 0.15) is 6.10 Å². The number of aromatic nitrogens is 1. The maximum absolute atomic E-state index is 13.2. The van der Waals surface area contributed by atoms with Crippen molar-refractivity contribution in [2.75, 3.05) is 0 Å². The molecular weight excluding hydrogens is 352 g/mol. The van der Waals surface area contributed by atoms with Gasteiger partial charge in [-0.05, 0) is 62.1 Å². The van der Waals surface area contributed by atoms with Crippen LogP contribution in [0.1, 0.15) is 70.8 Å². The minimum atomic E-state index is -0.392. The van der Waals surface area contributed by atoms with Gasteiger partial charge in [-0.3, -0.25) is 9.78 Å². The number of Topliss-reactive ketones (excluding diaryl/α,β-unsaturated/α-hetero) is 1. The molecule has 5 nitrogen and oxygen atoms in total. The van der Waals surface area contributed by atoms with E-state index in [1.54, 1.807) is 12.4 Å². The Bertz CT molecular complexity index is 861. The van der Waals surface area contributed by atoms with Crippen molar-refractivity contribution in [2.45, 2.75) is 71.3 Å². The van der Waals surface area contributed by atoms with E-state index in [1.165, 1.54) is 0 Å². The highest BCUT2D eigenvalue weighted by molar-refractivity contribution is 6.04. The number of allylic oxidation sites excluding steroid dienone is 3. The van der Waals surface area contributed by atoms with Gasteiger partial charge in [-0.2, -0.15) is 0 Å². The number of nitrogens with zero attached hydrogens (tertiary/aromatic N) is 1. The number of ketones is 1. The third-order valence-electron chi connectivity index (χ3n) is 6.07. The number of hydrogen-bond donors (Lipinski definition) is 1. The topological polar surface area (TPSA) is 68.3 Å². The van der Waals surface area contributed by atoms with Crippen LogP contribution >= 0.6 is 0 Å². The second kappa shape index (κ2) is 7.19. The van der Waals surface area contributed by atoms with Gasteiger partial charge in [0, 0.05) is 41.7 Å². The molecule has 1 fully saturated rings. The van der Waals surface area contributed by atoms with Crippen molar-refractivity contribution in [3.63, 3.8) is 0 Å². The molecule has 1 aromatic heterocycles. The highest BCUT2D eigenvalue weighted by Crippen LogP contribution is 2.46. The molecule has 1 N–H and O–H groups in total. The lowest BCUT2D eigenvalue weighted by molar-refractivity contribution is -0.144. The molecule has 28 heavy (non-hydrogen) atoms. The summed E-state index contributed by atoms with van der Waals surface area (Å²) in [4.78, 5) is 30.5. The molecule has 1 aromatic rings. The van der Waals surface area contributed by atoms with Gasteiger partial charge < -0.3 is 10.1 Å². The molecule has 5 heteroatoms. The number of nitrogens with one attached hydrogen (secondary N) is 1. The number of pyridine rings is 1. The predicted octanol–water partition coefficient (Wildman–Crippen LogP) is 4.17. The lowest BCUT2D eigenvalue weighted by Gasteiger charge is -2.39. The summed E-state index contributed by atoms with van der Waals surface area (Å²) in [5.74, 6) is -0.584. The molecule has 0 unspecified atom stereocenters. The quantitative estimate of drug-likeness (QED) is 0.797. The highest BCUT2D eigenvalue weighted by Gasteiger charge is 2.43. The van der Waals surface area contributed by atoms with Crippen LogP contribution in [0.25, 0.3) is 0 Å². The molecule has 0 spiro atoms. The van der Waals surface area contributed by atoms with E-state index in [1.807, 2.05) is 19.1 Å². The molecule has 0 radical (unpaired) electrons. The normalized spacial score (nSPS) is 24.8. The Balaban J connectivity index is 1.76. The Morgan fingerprint density at radius 2 is 1.86 bits per heavy atom. The largest absolute Gasteiger partial charge is 0.459 e. The SMILES string of the molecule is CC1=C(C(=O)OC2CCCC2)[C@@H](c2ccncc2)C2=C(CC(C)(C)CC2=O)N1. The molecule has 2 heterocycles. The first-order chi connectivity index (χ1) is 13.4. The van der Waals surface area contributed by atoms with Gasteiger partial charge in [0.25, 0.3) is 0 Å². The zero-order chi connectivity index (χ0) is 19.9. The molecule has 1 aliphatic heterocycles. The highest BCUT2D eigenvalue weighted by atomic mass is 16.5. The van der Waals surface area contributed by atoms with Gasteiger partial charge in [-0.15, -0.1) is 0 Å². The van der Waals surface area contributed by atoms with E-state index >= 15 is 0 Å². The predicted molar refractivity (Wildman–Crippen MR) is 106 cm³/mol. The third-order valence-corrected chi connectivity index (χ3v) is 6.07. The van der Waals surface area contributed by atoms with Crippen molar-refractivity contribution in [1.82, 2.24) is 10.3 Å². The third kappa shape index (κ3) is 3.50. The Morgan fingerprint density at radius 1 is 1.18 bits per heavy atom. The molecule has 4 rings (SSSR count). The van der Waals surface area contributed by atoms with Crippen LogP contribution in [-0.2, 0) is 14.3 Å². The van der Waals surface area contributed by atoms with Crippen LogP contribution < -0.4 is 5.32 Å². The van der Waals surface area contributed by atoms with Gasteiger partial charge in [0.15, 0.2) is 5.78 Å². The summed E-state index contributed by atoms with van der Waals surface area (Å²) in [5, 5.41) is 3.38. The number of hydrogen-bond acceptors (Lipinski definition) is 5. The Hall–Kier alpha value is -2.43. The van der Waals surface area contributed by atoms with Crippen LogP contribution in [0, 0.1) is 5.41 Å². The second-order valence-electron chi connectivity index (χ2n) is 9.02. The zero-order valence-corrected chi connectivity index (χ0v) is 16.9. The summed E-state index contributed by atoms with van der Waals surface area (Å²) in [6, 6.07) is 3.79. The van der Waals surface area contributed by atoms with Gasteiger partial charge in [0.05, 0.1) is 5.57 Å². The number of ether oxygens (including phenoxy) is 1. The molecule has 1 atom stereocenters. The molecule has 3 aliphatic rings. The first-order valence-electron chi connectivity index (χ1n) is 10.2. The molecule has 2 aliphatic carbocycles. The molecule has 0 bridgehead atoms. The lowest BCUT2D eigenvalue weighted by atomic mass is 9.68. The monoisotopic (exact) mass is 380 g/mol. The number of carbonyl (C=O) groups is 2. The Kier molecular flexibility index (Phi) is 4.86. The Labute approximate surface area is 166 Å². The van der Waals surface area contributed by atoms with E-state index in [0.717, 1.165) is 54.6 Å². The van der Waals surface area contributed by atoms with Crippen molar-refractivity contribution in [3.05, 3.63) is 52.6 Å². The summed E-state index contributed by atoms with van der Waals surface area (Å²) in [6.45, 7) is 6.14. The lowest BCUT2D eigenvalue weighted by Crippen LogP contribution is -2.39. The van der Waals surface area contributed by atoms with Gasteiger partial charge >= 0.3 is 5.97 Å². The minimum absolute atomic E-state index is 0.0118. The van der Waals surface area contributed by atoms with Crippen molar-refractivity contribution in [2.24, 2.45) is 5.41 Å². The first kappa shape index (κ1) is 18.9. The van der Waals surface area contributed by atoms with Crippen molar-refractivity contribution >= 4 is 11.8 Å². The molecular formula is C23H28N2O3. The van der Waals surface area contributed by atoms with Gasteiger partial charge in [-0.25, -0.2) is 4.79 Å². The summed E-state index contributed by atoms with van der Waals surface area (Å²) in [7, 11) is 0. The average Bonchev–Trinajstić information content (AvgIpc) is 3.13. The molecule has 0 amide bonds. The average molecular weight is 380 g/mol.